The maximum atomic E-state index is 12.6. The third kappa shape index (κ3) is 4.92. The number of nitrogens with one attached hydrogen (secondary N) is 1. The number of ether oxygens (including phenoxy) is 1. The summed E-state index contributed by atoms with van der Waals surface area (Å²) in [6.07, 6.45) is 0. The predicted octanol–water partition coefficient (Wildman–Crippen LogP) is 4.87. The first kappa shape index (κ1) is 19.9. The topological polar surface area (TPSA) is 77.2 Å². The van der Waals surface area contributed by atoms with Gasteiger partial charge in [0.1, 0.15) is 5.75 Å². The fourth-order valence-electron chi connectivity index (χ4n) is 2.76. The number of nitrogens with zero attached hydrogens (tertiary/aromatic N) is 2. The van der Waals surface area contributed by atoms with E-state index in [9.17, 15) is 4.79 Å². The van der Waals surface area contributed by atoms with E-state index in [1.54, 1.807) is 6.92 Å². The summed E-state index contributed by atoms with van der Waals surface area (Å²) in [7, 11) is 0. The second-order valence-electron chi connectivity index (χ2n) is 6.43. The average molecular weight is 398 g/mol. The Balaban J connectivity index is 1.67. The SMILES string of the molecule is CCOc1ccccc1NC(=O)[C@@H](C)Sc1nnc(-c2cc(C)cc(C)c2)o1. The number of rotatable bonds is 7. The molecule has 7 heteroatoms. The fourth-order valence-corrected chi connectivity index (χ4v) is 3.45. The minimum Gasteiger partial charge on any atom is -0.492 e. The quantitative estimate of drug-likeness (QED) is 0.573. The molecule has 6 nitrogen and oxygen atoms in total. The molecule has 1 amide bonds. The summed E-state index contributed by atoms with van der Waals surface area (Å²) in [6.45, 7) is 8.27. The molecule has 0 aliphatic carbocycles. The highest BCUT2D eigenvalue weighted by molar-refractivity contribution is 8.00. The number of thioether (sulfide) groups is 1. The van der Waals surface area contributed by atoms with Crippen LogP contribution in [0.25, 0.3) is 11.5 Å². The molecule has 0 spiro atoms. The maximum Gasteiger partial charge on any atom is 0.277 e. The van der Waals surface area contributed by atoms with Crippen molar-refractivity contribution in [1.82, 2.24) is 10.2 Å². The lowest BCUT2D eigenvalue weighted by Gasteiger charge is -2.13. The van der Waals surface area contributed by atoms with E-state index in [4.69, 9.17) is 9.15 Å². The third-order valence-electron chi connectivity index (χ3n) is 3.97. The summed E-state index contributed by atoms with van der Waals surface area (Å²) >= 11 is 1.22. The molecule has 0 saturated carbocycles. The van der Waals surface area contributed by atoms with Gasteiger partial charge in [-0.1, -0.05) is 41.1 Å². The number of carbonyl (C=O) groups excluding carboxylic acids is 1. The van der Waals surface area contributed by atoms with Crippen molar-refractivity contribution in [2.24, 2.45) is 0 Å². The second kappa shape index (κ2) is 8.93. The van der Waals surface area contributed by atoms with Gasteiger partial charge in [-0.3, -0.25) is 4.79 Å². The number of anilines is 1. The Morgan fingerprint density at radius 1 is 1.18 bits per heavy atom. The van der Waals surface area contributed by atoms with E-state index < -0.39 is 5.25 Å². The van der Waals surface area contributed by atoms with Crippen molar-refractivity contribution in [3.05, 3.63) is 53.6 Å². The van der Waals surface area contributed by atoms with Crippen LogP contribution in [-0.4, -0.2) is 28.0 Å². The summed E-state index contributed by atoms with van der Waals surface area (Å²) in [5, 5.41) is 11.0. The van der Waals surface area contributed by atoms with E-state index in [0.29, 0.717) is 29.2 Å². The van der Waals surface area contributed by atoms with Crippen molar-refractivity contribution >= 4 is 23.4 Å². The van der Waals surface area contributed by atoms with Crippen LogP contribution in [0.5, 0.6) is 5.75 Å². The summed E-state index contributed by atoms with van der Waals surface area (Å²) < 4.78 is 11.3. The summed E-state index contributed by atoms with van der Waals surface area (Å²) in [5.41, 5.74) is 3.77. The van der Waals surface area contributed by atoms with Crippen LogP contribution in [0.15, 0.2) is 52.1 Å². The van der Waals surface area contributed by atoms with E-state index in [0.717, 1.165) is 16.7 Å². The smallest absolute Gasteiger partial charge is 0.277 e. The Labute approximate surface area is 168 Å². The molecule has 0 aliphatic rings. The molecule has 1 aromatic heterocycles. The Hall–Kier alpha value is -2.80. The van der Waals surface area contributed by atoms with Crippen LogP contribution in [0, 0.1) is 13.8 Å². The molecule has 146 valence electrons. The number of aryl methyl sites for hydroxylation is 2. The standard InChI is InChI=1S/C21H23N3O3S/c1-5-26-18-9-7-6-8-17(18)22-19(25)15(4)28-21-24-23-20(27-21)16-11-13(2)10-14(3)12-16/h6-12,15H,5H2,1-4H3,(H,22,25)/t15-/m1/s1. The van der Waals surface area contributed by atoms with Gasteiger partial charge >= 0.3 is 0 Å². The highest BCUT2D eigenvalue weighted by atomic mass is 32.2. The van der Waals surface area contributed by atoms with Gasteiger partial charge in [-0.2, -0.15) is 0 Å². The lowest BCUT2D eigenvalue weighted by atomic mass is 10.1. The molecule has 0 unspecified atom stereocenters. The van der Waals surface area contributed by atoms with E-state index in [1.807, 2.05) is 57.2 Å². The van der Waals surface area contributed by atoms with E-state index in [2.05, 4.69) is 21.6 Å². The monoisotopic (exact) mass is 397 g/mol. The summed E-state index contributed by atoms with van der Waals surface area (Å²) in [4.78, 5) is 12.6. The molecule has 1 N–H and O–H groups in total. The molecular weight excluding hydrogens is 374 g/mol. The zero-order valence-electron chi connectivity index (χ0n) is 16.4. The molecule has 0 fully saturated rings. The maximum absolute atomic E-state index is 12.6. The van der Waals surface area contributed by atoms with Crippen molar-refractivity contribution in [1.29, 1.82) is 0 Å². The van der Waals surface area contributed by atoms with Crippen molar-refractivity contribution in [2.45, 2.75) is 38.2 Å². The van der Waals surface area contributed by atoms with Gasteiger partial charge in [0.2, 0.25) is 11.8 Å². The number of amides is 1. The molecule has 28 heavy (non-hydrogen) atoms. The number of para-hydroxylation sites is 2. The largest absolute Gasteiger partial charge is 0.492 e. The van der Waals surface area contributed by atoms with Gasteiger partial charge in [0.15, 0.2) is 0 Å². The average Bonchev–Trinajstić information content (AvgIpc) is 3.11. The first-order valence-corrected chi connectivity index (χ1v) is 9.95. The van der Waals surface area contributed by atoms with Crippen LogP contribution in [0.2, 0.25) is 0 Å². The van der Waals surface area contributed by atoms with Crippen LogP contribution >= 0.6 is 11.8 Å². The number of carbonyl (C=O) groups is 1. The van der Waals surface area contributed by atoms with Crippen LogP contribution in [0.4, 0.5) is 5.69 Å². The zero-order chi connectivity index (χ0) is 20.1. The predicted molar refractivity (Wildman–Crippen MR) is 111 cm³/mol. The van der Waals surface area contributed by atoms with Crippen molar-refractivity contribution in [3.63, 3.8) is 0 Å². The Morgan fingerprint density at radius 3 is 2.61 bits per heavy atom. The van der Waals surface area contributed by atoms with Gasteiger partial charge in [-0.05, 0) is 52.0 Å². The molecule has 1 heterocycles. The Morgan fingerprint density at radius 2 is 1.89 bits per heavy atom. The van der Waals surface area contributed by atoms with Crippen molar-refractivity contribution in [2.75, 3.05) is 11.9 Å². The molecule has 0 bridgehead atoms. The first-order valence-electron chi connectivity index (χ1n) is 9.07. The minimum absolute atomic E-state index is 0.164. The lowest BCUT2D eigenvalue weighted by molar-refractivity contribution is -0.115. The first-order chi connectivity index (χ1) is 13.5. The number of aromatic nitrogens is 2. The number of benzene rings is 2. The van der Waals surface area contributed by atoms with Crippen LogP contribution in [0.1, 0.15) is 25.0 Å². The zero-order valence-corrected chi connectivity index (χ0v) is 17.2. The van der Waals surface area contributed by atoms with Crippen LogP contribution in [-0.2, 0) is 4.79 Å². The molecule has 2 aromatic carbocycles. The van der Waals surface area contributed by atoms with E-state index in [1.165, 1.54) is 11.8 Å². The van der Waals surface area contributed by atoms with Gasteiger partial charge in [-0.15, -0.1) is 10.2 Å². The van der Waals surface area contributed by atoms with E-state index >= 15 is 0 Å². The molecule has 0 radical (unpaired) electrons. The number of hydrogen-bond donors (Lipinski definition) is 1. The summed E-state index contributed by atoms with van der Waals surface area (Å²) in [6, 6.07) is 13.4. The molecule has 3 rings (SSSR count). The van der Waals surface area contributed by atoms with E-state index in [-0.39, 0.29) is 5.91 Å². The highest BCUT2D eigenvalue weighted by Crippen LogP contribution is 2.29. The normalized spacial score (nSPS) is 11.9. The van der Waals surface area contributed by atoms with Crippen molar-refractivity contribution in [3.8, 4) is 17.2 Å². The Bertz CT molecular complexity index is 951. The lowest BCUT2D eigenvalue weighted by Crippen LogP contribution is -2.22. The van der Waals surface area contributed by atoms with Crippen LogP contribution < -0.4 is 10.1 Å². The van der Waals surface area contributed by atoms with Gasteiger partial charge in [0.25, 0.3) is 5.22 Å². The fraction of sp³-hybridized carbons (Fsp3) is 0.286. The minimum atomic E-state index is -0.415. The van der Waals surface area contributed by atoms with Gasteiger partial charge in [0, 0.05) is 5.56 Å². The molecular formula is C21H23N3O3S. The number of hydrogen-bond acceptors (Lipinski definition) is 6. The van der Waals surface area contributed by atoms with Crippen molar-refractivity contribution < 1.29 is 13.9 Å². The highest BCUT2D eigenvalue weighted by Gasteiger charge is 2.20. The molecule has 3 aromatic rings. The van der Waals surface area contributed by atoms with Crippen LogP contribution in [0.3, 0.4) is 0 Å². The van der Waals surface area contributed by atoms with Gasteiger partial charge < -0.3 is 14.5 Å². The third-order valence-corrected chi connectivity index (χ3v) is 4.90. The molecule has 0 aliphatic heterocycles. The van der Waals surface area contributed by atoms with Gasteiger partial charge in [0.05, 0.1) is 17.5 Å². The molecule has 0 saturated heterocycles. The summed E-state index contributed by atoms with van der Waals surface area (Å²) in [5.74, 6) is 0.928. The Kier molecular flexibility index (Phi) is 6.36. The van der Waals surface area contributed by atoms with Gasteiger partial charge in [-0.25, -0.2) is 0 Å². The second-order valence-corrected chi connectivity index (χ2v) is 7.72. The molecule has 1 atom stereocenters.